The van der Waals surface area contributed by atoms with Crippen molar-refractivity contribution in [2.45, 2.75) is 26.7 Å². The molecule has 3 heteroatoms. The molecule has 0 bridgehead atoms. The predicted molar refractivity (Wildman–Crippen MR) is 74.1 cm³/mol. The highest BCUT2D eigenvalue weighted by molar-refractivity contribution is 5.53. The molecule has 2 rings (SSSR count). The third-order valence-electron chi connectivity index (χ3n) is 3.73. The summed E-state index contributed by atoms with van der Waals surface area (Å²) in [6.07, 6.45) is 0. The van der Waals surface area contributed by atoms with E-state index in [-0.39, 0.29) is 12.0 Å². The summed E-state index contributed by atoms with van der Waals surface area (Å²) < 4.78 is 5.21. The first-order valence-corrected chi connectivity index (χ1v) is 6.59. The van der Waals surface area contributed by atoms with Gasteiger partial charge in [0.25, 0.3) is 0 Å². The van der Waals surface area contributed by atoms with Gasteiger partial charge in [-0.1, -0.05) is 26.0 Å². The number of aliphatic hydroxyl groups excluding tert-OH is 1. The summed E-state index contributed by atoms with van der Waals surface area (Å²) in [5, 5.41) is 12.9. The molecule has 0 spiro atoms. The summed E-state index contributed by atoms with van der Waals surface area (Å²) in [6, 6.07) is 6.55. The van der Waals surface area contributed by atoms with Crippen LogP contribution >= 0.6 is 0 Å². The fourth-order valence-electron chi connectivity index (χ4n) is 2.11. The summed E-state index contributed by atoms with van der Waals surface area (Å²) >= 11 is 0. The van der Waals surface area contributed by atoms with Crippen LogP contribution in [0.5, 0.6) is 0 Å². The smallest absolute Gasteiger partial charge is 0.0584 e. The summed E-state index contributed by atoms with van der Waals surface area (Å²) in [4.78, 5) is 0. The van der Waals surface area contributed by atoms with E-state index >= 15 is 0 Å². The minimum Gasteiger partial charge on any atom is -0.396 e. The van der Waals surface area contributed by atoms with E-state index in [1.807, 2.05) is 0 Å². The SMILES string of the molecule is Cc1ccc(C(C)C)cc1NCC1(CO)COC1. The van der Waals surface area contributed by atoms with Gasteiger partial charge in [0.1, 0.15) is 0 Å². The minimum atomic E-state index is -0.0831. The van der Waals surface area contributed by atoms with Gasteiger partial charge in [-0.05, 0) is 30.0 Å². The first-order chi connectivity index (χ1) is 8.56. The highest BCUT2D eigenvalue weighted by Crippen LogP contribution is 2.29. The van der Waals surface area contributed by atoms with Gasteiger partial charge in [0, 0.05) is 12.2 Å². The van der Waals surface area contributed by atoms with E-state index in [1.54, 1.807) is 0 Å². The van der Waals surface area contributed by atoms with Crippen LogP contribution in [-0.2, 0) is 4.74 Å². The van der Waals surface area contributed by atoms with Crippen LogP contribution in [0.15, 0.2) is 18.2 Å². The van der Waals surface area contributed by atoms with Crippen LogP contribution in [0.3, 0.4) is 0 Å². The van der Waals surface area contributed by atoms with Gasteiger partial charge in [0.15, 0.2) is 0 Å². The Labute approximate surface area is 109 Å². The van der Waals surface area contributed by atoms with Crippen LogP contribution in [0, 0.1) is 12.3 Å². The lowest BCUT2D eigenvalue weighted by Gasteiger charge is -2.40. The lowest BCUT2D eigenvalue weighted by molar-refractivity contribution is -0.128. The predicted octanol–water partition coefficient (Wildman–Crippen LogP) is 2.54. The van der Waals surface area contributed by atoms with Crippen molar-refractivity contribution in [3.8, 4) is 0 Å². The molecule has 0 radical (unpaired) electrons. The number of anilines is 1. The fourth-order valence-corrected chi connectivity index (χ4v) is 2.11. The van der Waals surface area contributed by atoms with E-state index in [1.165, 1.54) is 16.8 Å². The molecule has 18 heavy (non-hydrogen) atoms. The number of hydrogen-bond donors (Lipinski definition) is 2. The van der Waals surface area contributed by atoms with E-state index in [4.69, 9.17) is 4.74 Å². The lowest BCUT2D eigenvalue weighted by atomic mass is 9.87. The zero-order valence-electron chi connectivity index (χ0n) is 11.5. The Hall–Kier alpha value is -1.06. The Morgan fingerprint density at radius 1 is 1.39 bits per heavy atom. The third kappa shape index (κ3) is 2.68. The topological polar surface area (TPSA) is 41.5 Å². The molecule has 2 N–H and O–H groups in total. The van der Waals surface area contributed by atoms with Gasteiger partial charge < -0.3 is 15.2 Å². The van der Waals surface area contributed by atoms with Gasteiger partial charge in [-0.15, -0.1) is 0 Å². The van der Waals surface area contributed by atoms with Crippen LogP contribution in [0.2, 0.25) is 0 Å². The molecule has 0 aromatic heterocycles. The molecule has 1 aromatic carbocycles. The molecule has 1 aliphatic heterocycles. The van der Waals surface area contributed by atoms with Crippen LogP contribution in [-0.4, -0.2) is 31.5 Å². The quantitative estimate of drug-likeness (QED) is 0.842. The number of rotatable bonds is 5. The first-order valence-electron chi connectivity index (χ1n) is 6.59. The second-order valence-corrected chi connectivity index (χ2v) is 5.73. The summed E-state index contributed by atoms with van der Waals surface area (Å²) in [6.45, 7) is 8.76. The van der Waals surface area contributed by atoms with Crippen molar-refractivity contribution < 1.29 is 9.84 Å². The molecule has 1 aromatic rings. The number of nitrogens with one attached hydrogen (secondary N) is 1. The fraction of sp³-hybridized carbons (Fsp3) is 0.600. The van der Waals surface area contributed by atoms with Gasteiger partial charge in [-0.3, -0.25) is 0 Å². The monoisotopic (exact) mass is 249 g/mol. The van der Waals surface area contributed by atoms with Crippen molar-refractivity contribution in [2.24, 2.45) is 5.41 Å². The van der Waals surface area contributed by atoms with Gasteiger partial charge in [0.05, 0.1) is 25.2 Å². The van der Waals surface area contributed by atoms with Crippen molar-refractivity contribution in [1.82, 2.24) is 0 Å². The Bertz CT molecular complexity index is 405. The molecular weight excluding hydrogens is 226 g/mol. The van der Waals surface area contributed by atoms with E-state index < -0.39 is 0 Å². The molecule has 0 saturated carbocycles. The van der Waals surface area contributed by atoms with Crippen LogP contribution in [0.1, 0.15) is 30.9 Å². The molecule has 100 valence electrons. The highest BCUT2D eigenvalue weighted by atomic mass is 16.5. The standard InChI is InChI=1S/C15H23NO2/c1-11(2)13-5-4-12(3)14(6-13)16-7-15(8-17)9-18-10-15/h4-6,11,16-17H,7-10H2,1-3H3. The summed E-state index contributed by atoms with van der Waals surface area (Å²) in [5.74, 6) is 0.532. The van der Waals surface area contributed by atoms with Crippen molar-refractivity contribution in [1.29, 1.82) is 0 Å². The van der Waals surface area contributed by atoms with Crippen LogP contribution in [0.25, 0.3) is 0 Å². The normalized spacial score (nSPS) is 17.6. The van der Waals surface area contributed by atoms with E-state index in [9.17, 15) is 5.11 Å². The van der Waals surface area contributed by atoms with Crippen LogP contribution in [0.4, 0.5) is 5.69 Å². The Kier molecular flexibility index (Phi) is 3.93. The third-order valence-corrected chi connectivity index (χ3v) is 3.73. The van der Waals surface area contributed by atoms with Crippen molar-refractivity contribution in [3.63, 3.8) is 0 Å². The van der Waals surface area contributed by atoms with E-state index in [0.29, 0.717) is 19.1 Å². The van der Waals surface area contributed by atoms with Crippen molar-refractivity contribution in [2.75, 3.05) is 31.7 Å². The molecule has 0 unspecified atom stereocenters. The van der Waals surface area contributed by atoms with Gasteiger partial charge in [-0.25, -0.2) is 0 Å². The second-order valence-electron chi connectivity index (χ2n) is 5.73. The maximum Gasteiger partial charge on any atom is 0.0584 e. The molecule has 1 aliphatic rings. The minimum absolute atomic E-state index is 0.0831. The number of aliphatic hydroxyl groups is 1. The van der Waals surface area contributed by atoms with Crippen LogP contribution < -0.4 is 5.32 Å². The Morgan fingerprint density at radius 3 is 2.61 bits per heavy atom. The highest BCUT2D eigenvalue weighted by Gasteiger charge is 2.37. The molecule has 0 amide bonds. The van der Waals surface area contributed by atoms with E-state index in [2.05, 4.69) is 44.3 Å². The number of benzene rings is 1. The zero-order chi connectivity index (χ0) is 13.2. The summed E-state index contributed by atoms with van der Waals surface area (Å²) in [5.41, 5.74) is 3.67. The van der Waals surface area contributed by atoms with Crippen molar-refractivity contribution >= 4 is 5.69 Å². The lowest BCUT2D eigenvalue weighted by Crippen LogP contribution is -2.50. The van der Waals surface area contributed by atoms with Gasteiger partial charge >= 0.3 is 0 Å². The average Bonchev–Trinajstić information content (AvgIpc) is 2.30. The maximum atomic E-state index is 9.41. The number of hydrogen-bond acceptors (Lipinski definition) is 3. The second kappa shape index (κ2) is 5.29. The van der Waals surface area contributed by atoms with Crippen molar-refractivity contribution in [3.05, 3.63) is 29.3 Å². The molecule has 0 atom stereocenters. The Morgan fingerprint density at radius 2 is 2.11 bits per heavy atom. The molecule has 1 heterocycles. The number of aryl methyl sites for hydroxylation is 1. The number of ether oxygens (including phenoxy) is 1. The zero-order valence-corrected chi connectivity index (χ0v) is 11.5. The molecular formula is C15H23NO2. The average molecular weight is 249 g/mol. The summed E-state index contributed by atoms with van der Waals surface area (Å²) in [7, 11) is 0. The molecule has 1 saturated heterocycles. The largest absolute Gasteiger partial charge is 0.396 e. The molecule has 3 nitrogen and oxygen atoms in total. The van der Waals surface area contributed by atoms with Gasteiger partial charge in [-0.2, -0.15) is 0 Å². The van der Waals surface area contributed by atoms with Gasteiger partial charge in [0.2, 0.25) is 0 Å². The Balaban J connectivity index is 2.06. The maximum absolute atomic E-state index is 9.41. The van der Waals surface area contributed by atoms with E-state index in [0.717, 1.165) is 6.54 Å². The molecule has 0 aliphatic carbocycles. The first kappa shape index (κ1) is 13.4. The molecule has 1 fully saturated rings.